The molecule has 1 aromatic rings. The Kier molecular flexibility index (Phi) is 7.67. The van der Waals surface area contributed by atoms with Crippen molar-refractivity contribution < 1.29 is 4.84 Å². The van der Waals surface area contributed by atoms with E-state index < -0.39 is 8.07 Å². The maximum absolute atomic E-state index is 5.53. The van der Waals surface area contributed by atoms with E-state index in [1.165, 1.54) is 5.56 Å². The average molecular weight is 348 g/mol. The van der Waals surface area contributed by atoms with Crippen LogP contribution in [0.2, 0.25) is 25.7 Å². The topological polar surface area (TPSA) is 37.2 Å². The summed E-state index contributed by atoms with van der Waals surface area (Å²) in [5, 5.41) is 4.31. The molecule has 0 atom stereocenters. The van der Waals surface area contributed by atoms with E-state index in [4.69, 9.17) is 4.84 Å². The average Bonchev–Trinajstić information content (AvgIpc) is 2.50. The molecule has 5 heteroatoms. The van der Waals surface area contributed by atoms with Crippen LogP contribution in [0, 0.1) is 13.8 Å². The van der Waals surface area contributed by atoms with E-state index in [0.717, 1.165) is 35.1 Å². The van der Waals surface area contributed by atoms with Crippen LogP contribution < -0.4 is 0 Å². The Labute approximate surface area is 148 Å². The van der Waals surface area contributed by atoms with Crippen LogP contribution in [0.4, 0.5) is 5.69 Å². The van der Waals surface area contributed by atoms with Crippen LogP contribution in [0.5, 0.6) is 0 Å². The number of hydrogen-bond donors (Lipinski definition) is 0. The van der Waals surface area contributed by atoms with Gasteiger partial charge in [-0.25, -0.2) is 4.99 Å². The predicted molar refractivity (Wildman–Crippen MR) is 109 cm³/mol. The zero-order valence-corrected chi connectivity index (χ0v) is 17.6. The van der Waals surface area contributed by atoms with Crippen molar-refractivity contribution in [2.24, 2.45) is 10.1 Å². The Morgan fingerprint density at radius 3 is 2.46 bits per heavy atom. The van der Waals surface area contributed by atoms with Crippen LogP contribution >= 0.6 is 0 Å². The van der Waals surface area contributed by atoms with E-state index in [2.05, 4.69) is 67.6 Å². The van der Waals surface area contributed by atoms with Crippen molar-refractivity contribution >= 4 is 25.8 Å². The molecule has 4 nitrogen and oxygen atoms in total. The number of oxime groups is 1. The standard InChI is InChI=1S/C19H33N3OSi/c1-9-22(5)14-20-19-13-15(2)18(12-16(19)3)17(4)21-23-10-11-24(6,7)8/h12-14H,9-11H2,1-8H3/b20-14-,21-17+. The first-order chi connectivity index (χ1) is 11.1. The first kappa shape index (κ1) is 20.4. The highest BCUT2D eigenvalue weighted by molar-refractivity contribution is 6.76. The van der Waals surface area contributed by atoms with Crippen molar-refractivity contribution in [1.29, 1.82) is 0 Å². The van der Waals surface area contributed by atoms with Crippen molar-refractivity contribution in [3.63, 3.8) is 0 Å². The number of hydrogen-bond acceptors (Lipinski definition) is 3. The van der Waals surface area contributed by atoms with Gasteiger partial charge in [-0.2, -0.15) is 0 Å². The molecule has 1 rings (SSSR count). The molecule has 0 aromatic heterocycles. The van der Waals surface area contributed by atoms with Gasteiger partial charge >= 0.3 is 0 Å². The molecule has 0 N–H and O–H groups in total. The van der Waals surface area contributed by atoms with Crippen LogP contribution in [-0.2, 0) is 4.84 Å². The third-order valence-electron chi connectivity index (χ3n) is 3.97. The van der Waals surface area contributed by atoms with E-state index in [1.54, 1.807) is 0 Å². The molecular weight excluding hydrogens is 314 g/mol. The molecule has 1 aromatic carbocycles. The lowest BCUT2D eigenvalue weighted by Gasteiger charge is -2.14. The molecule has 0 aliphatic heterocycles. The molecule has 0 saturated carbocycles. The smallest absolute Gasteiger partial charge is 0.114 e. The zero-order valence-electron chi connectivity index (χ0n) is 16.6. The van der Waals surface area contributed by atoms with Crippen molar-refractivity contribution in [1.82, 2.24) is 4.90 Å². The van der Waals surface area contributed by atoms with Crippen LogP contribution in [0.25, 0.3) is 0 Å². The van der Waals surface area contributed by atoms with Gasteiger partial charge in [0.25, 0.3) is 0 Å². The van der Waals surface area contributed by atoms with Crippen molar-refractivity contribution in [3.8, 4) is 0 Å². The summed E-state index contributed by atoms with van der Waals surface area (Å²) in [6.07, 6.45) is 1.88. The number of aliphatic imine (C=N–C) groups is 1. The molecular formula is C19H33N3OSi. The van der Waals surface area contributed by atoms with Crippen molar-refractivity contribution in [3.05, 3.63) is 28.8 Å². The summed E-state index contributed by atoms with van der Waals surface area (Å²) in [6, 6.07) is 5.39. The molecule has 0 saturated heterocycles. The Morgan fingerprint density at radius 2 is 1.88 bits per heavy atom. The second-order valence-corrected chi connectivity index (χ2v) is 13.2. The molecule has 0 amide bonds. The van der Waals surface area contributed by atoms with Gasteiger partial charge in [-0.05, 0) is 57.0 Å². The highest BCUT2D eigenvalue weighted by Crippen LogP contribution is 2.24. The lowest BCUT2D eigenvalue weighted by atomic mass is 10.0. The molecule has 0 spiro atoms. The number of benzene rings is 1. The molecule has 24 heavy (non-hydrogen) atoms. The van der Waals surface area contributed by atoms with Crippen LogP contribution in [0.15, 0.2) is 22.3 Å². The Hall–Kier alpha value is -1.62. The van der Waals surface area contributed by atoms with E-state index in [9.17, 15) is 0 Å². The van der Waals surface area contributed by atoms with Gasteiger partial charge in [-0.3, -0.25) is 0 Å². The molecule has 0 fully saturated rings. The van der Waals surface area contributed by atoms with Gasteiger partial charge < -0.3 is 9.74 Å². The fourth-order valence-corrected chi connectivity index (χ4v) is 2.82. The largest absolute Gasteiger partial charge is 0.396 e. The van der Waals surface area contributed by atoms with E-state index in [-0.39, 0.29) is 0 Å². The van der Waals surface area contributed by atoms with Gasteiger partial charge in [0.2, 0.25) is 0 Å². The lowest BCUT2D eigenvalue weighted by molar-refractivity contribution is 0.158. The summed E-state index contributed by atoms with van der Waals surface area (Å²) in [4.78, 5) is 12.2. The number of nitrogens with zero attached hydrogens (tertiary/aromatic N) is 3. The first-order valence-corrected chi connectivity index (χ1v) is 12.4. The minimum Gasteiger partial charge on any atom is -0.396 e. The Balaban J connectivity index is 2.85. The molecule has 0 aliphatic rings. The molecule has 0 unspecified atom stereocenters. The summed E-state index contributed by atoms with van der Waals surface area (Å²) in [5.74, 6) is 0. The van der Waals surface area contributed by atoms with Crippen LogP contribution in [0.1, 0.15) is 30.5 Å². The minimum absolute atomic E-state index is 0.705. The highest BCUT2D eigenvalue weighted by Gasteiger charge is 2.12. The quantitative estimate of drug-likeness (QED) is 0.218. The summed E-state index contributed by atoms with van der Waals surface area (Å²) in [7, 11) is 0.951. The van der Waals surface area contributed by atoms with Gasteiger partial charge in [0.05, 0.1) is 17.7 Å². The molecule has 0 aliphatic carbocycles. The van der Waals surface area contributed by atoms with E-state index in [1.807, 2.05) is 20.3 Å². The summed E-state index contributed by atoms with van der Waals surface area (Å²) < 4.78 is 0. The predicted octanol–water partition coefficient (Wildman–Crippen LogP) is 4.99. The fraction of sp³-hybridized carbons (Fsp3) is 0.579. The van der Waals surface area contributed by atoms with Gasteiger partial charge in [0, 0.05) is 27.2 Å². The summed E-state index contributed by atoms with van der Waals surface area (Å²) in [6.45, 7) is 17.0. The Morgan fingerprint density at radius 1 is 1.21 bits per heavy atom. The molecule has 0 heterocycles. The van der Waals surface area contributed by atoms with E-state index in [0.29, 0.717) is 6.61 Å². The second kappa shape index (κ2) is 9.02. The first-order valence-electron chi connectivity index (χ1n) is 8.66. The van der Waals surface area contributed by atoms with Crippen LogP contribution in [0.3, 0.4) is 0 Å². The fourth-order valence-electron chi connectivity index (χ4n) is 2.12. The highest BCUT2D eigenvalue weighted by atomic mass is 28.3. The molecule has 0 bridgehead atoms. The van der Waals surface area contributed by atoms with Crippen molar-refractivity contribution in [2.45, 2.75) is 53.4 Å². The van der Waals surface area contributed by atoms with Gasteiger partial charge in [0.1, 0.15) is 6.61 Å². The molecule has 0 radical (unpaired) electrons. The second-order valence-electron chi connectivity index (χ2n) is 7.59. The normalized spacial score (nSPS) is 12.8. The lowest BCUT2D eigenvalue weighted by Crippen LogP contribution is -2.21. The maximum atomic E-state index is 5.53. The van der Waals surface area contributed by atoms with Gasteiger partial charge in [-0.15, -0.1) is 0 Å². The third kappa shape index (κ3) is 6.87. The number of aryl methyl sites for hydroxylation is 2. The summed E-state index contributed by atoms with van der Waals surface area (Å²) in [5.41, 5.74) is 5.37. The SMILES string of the molecule is CCN(C)/C=N\c1cc(C)c(/C(C)=N/OCC[Si](C)(C)C)cc1C. The minimum atomic E-state index is -1.07. The molecule has 134 valence electrons. The number of rotatable bonds is 8. The third-order valence-corrected chi connectivity index (χ3v) is 5.67. The monoisotopic (exact) mass is 347 g/mol. The Bertz CT molecular complexity index is 603. The maximum Gasteiger partial charge on any atom is 0.114 e. The van der Waals surface area contributed by atoms with Crippen LogP contribution in [-0.4, -0.2) is 45.2 Å². The van der Waals surface area contributed by atoms with Crippen molar-refractivity contribution in [2.75, 3.05) is 20.2 Å². The van der Waals surface area contributed by atoms with Gasteiger partial charge in [0.15, 0.2) is 0 Å². The summed E-state index contributed by atoms with van der Waals surface area (Å²) >= 11 is 0. The van der Waals surface area contributed by atoms with Gasteiger partial charge in [-0.1, -0.05) is 24.8 Å². The van der Waals surface area contributed by atoms with E-state index >= 15 is 0 Å². The zero-order chi connectivity index (χ0) is 18.3.